The van der Waals surface area contributed by atoms with Crippen LogP contribution in [0.15, 0.2) is 6.07 Å². The van der Waals surface area contributed by atoms with Crippen LogP contribution in [0, 0.1) is 5.92 Å². The van der Waals surface area contributed by atoms with E-state index in [9.17, 15) is 5.11 Å². The Labute approximate surface area is 120 Å². The molecule has 0 aromatic carbocycles. The summed E-state index contributed by atoms with van der Waals surface area (Å²) in [6.07, 6.45) is 1.58. The summed E-state index contributed by atoms with van der Waals surface area (Å²) < 4.78 is 0. The monoisotopic (exact) mass is 285 g/mol. The second-order valence-corrected chi connectivity index (χ2v) is 5.50. The summed E-state index contributed by atoms with van der Waals surface area (Å²) in [5.74, 6) is 1.93. The van der Waals surface area contributed by atoms with E-state index in [1.807, 2.05) is 13.8 Å². The third-order valence-electron chi connectivity index (χ3n) is 3.31. The standard InChI is InChI=1S/C14H24ClN3O/c1-5-10(6-2)11(19)8-16-13-7-12(15)17-14(18-13)9(3)4/h7,9-11,19H,5-6,8H2,1-4H3,(H,16,17,18). The highest BCUT2D eigenvalue weighted by atomic mass is 35.5. The lowest BCUT2D eigenvalue weighted by atomic mass is 9.97. The van der Waals surface area contributed by atoms with Gasteiger partial charge in [0.2, 0.25) is 0 Å². The van der Waals surface area contributed by atoms with Crippen LogP contribution in [0.2, 0.25) is 5.15 Å². The Morgan fingerprint density at radius 1 is 1.26 bits per heavy atom. The van der Waals surface area contributed by atoms with Crippen LogP contribution in [0.5, 0.6) is 0 Å². The highest BCUT2D eigenvalue weighted by Gasteiger charge is 2.15. The maximum absolute atomic E-state index is 10.1. The molecular weight excluding hydrogens is 262 g/mol. The Balaban J connectivity index is 2.67. The Morgan fingerprint density at radius 2 is 1.89 bits per heavy atom. The van der Waals surface area contributed by atoms with Crippen LogP contribution in [0.25, 0.3) is 0 Å². The average molecular weight is 286 g/mol. The number of aromatic nitrogens is 2. The van der Waals surface area contributed by atoms with Gasteiger partial charge < -0.3 is 10.4 Å². The van der Waals surface area contributed by atoms with Gasteiger partial charge in [-0.1, -0.05) is 52.1 Å². The zero-order valence-corrected chi connectivity index (χ0v) is 12.9. The smallest absolute Gasteiger partial charge is 0.135 e. The minimum absolute atomic E-state index is 0.225. The normalized spacial score (nSPS) is 13.1. The lowest BCUT2D eigenvalue weighted by molar-refractivity contribution is 0.114. The zero-order chi connectivity index (χ0) is 14.4. The number of rotatable bonds is 7. The molecule has 0 amide bonds. The van der Waals surface area contributed by atoms with Crippen LogP contribution >= 0.6 is 11.6 Å². The van der Waals surface area contributed by atoms with E-state index in [1.54, 1.807) is 6.07 Å². The van der Waals surface area contributed by atoms with Gasteiger partial charge in [0, 0.05) is 18.5 Å². The highest BCUT2D eigenvalue weighted by Crippen LogP contribution is 2.18. The first-order valence-electron chi connectivity index (χ1n) is 6.94. The van der Waals surface area contributed by atoms with E-state index in [1.165, 1.54) is 0 Å². The van der Waals surface area contributed by atoms with Crippen molar-refractivity contribution < 1.29 is 5.11 Å². The third-order valence-corrected chi connectivity index (χ3v) is 3.51. The van der Waals surface area contributed by atoms with Crippen molar-refractivity contribution in [1.29, 1.82) is 0 Å². The van der Waals surface area contributed by atoms with Crippen molar-refractivity contribution in [2.45, 2.75) is 52.6 Å². The fourth-order valence-electron chi connectivity index (χ4n) is 1.99. The number of hydrogen-bond donors (Lipinski definition) is 2. The number of aliphatic hydroxyl groups excluding tert-OH is 1. The van der Waals surface area contributed by atoms with E-state index in [0.717, 1.165) is 12.8 Å². The van der Waals surface area contributed by atoms with Gasteiger partial charge in [-0.15, -0.1) is 0 Å². The topological polar surface area (TPSA) is 58.0 Å². The predicted octanol–water partition coefficient (Wildman–Crippen LogP) is 3.46. The summed E-state index contributed by atoms with van der Waals surface area (Å²) in [4.78, 5) is 8.58. The molecule has 0 bridgehead atoms. The average Bonchev–Trinajstić information content (AvgIpc) is 2.37. The number of halogens is 1. The lowest BCUT2D eigenvalue weighted by Gasteiger charge is -2.20. The van der Waals surface area contributed by atoms with E-state index in [0.29, 0.717) is 29.3 Å². The fourth-order valence-corrected chi connectivity index (χ4v) is 2.18. The summed E-state index contributed by atoms with van der Waals surface area (Å²) in [6.45, 7) is 8.71. The van der Waals surface area contributed by atoms with Gasteiger partial charge >= 0.3 is 0 Å². The Kier molecular flexibility index (Phi) is 6.52. The van der Waals surface area contributed by atoms with Gasteiger partial charge in [0.1, 0.15) is 16.8 Å². The van der Waals surface area contributed by atoms with Crippen molar-refractivity contribution in [3.05, 3.63) is 17.0 Å². The first-order valence-corrected chi connectivity index (χ1v) is 7.32. The number of nitrogens with one attached hydrogen (secondary N) is 1. The second-order valence-electron chi connectivity index (χ2n) is 5.11. The third kappa shape index (κ3) is 4.96. The molecule has 0 aliphatic heterocycles. The molecule has 1 rings (SSSR count). The summed E-state index contributed by atoms with van der Waals surface area (Å²) in [5.41, 5.74) is 0. The molecular formula is C14H24ClN3O. The van der Waals surface area contributed by atoms with Crippen molar-refractivity contribution in [2.24, 2.45) is 5.92 Å². The molecule has 5 heteroatoms. The molecule has 0 aliphatic carbocycles. The van der Waals surface area contributed by atoms with Gasteiger partial charge in [-0.2, -0.15) is 0 Å². The van der Waals surface area contributed by atoms with Gasteiger partial charge in [0.25, 0.3) is 0 Å². The van der Waals surface area contributed by atoms with E-state index in [4.69, 9.17) is 11.6 Å². The van der Waals surface area contributed by atoms with Crippen molar-refractivity contribution in [2.75, 3.05) is 11.9 Å². The molecule has 0 saturated carbocycles. The van der Waals surface area contributed by atoms with E-state index < -0.39 is 0 Å². The number of nitrogens with zero attached hydrogens (tertiary/aromatic N) is 2. The molecule has 1 aromatic rings. The molecule has 1 atom stereocenters. The van der Waals surface area contributed by atoms with Gasteiger partial charge in [-0.3, -0.25) is 0 Å². The van der Waals surface area contributed by atoms with Gasteiger partial charge in [-0.05, 0) is 5.92 Å². The van der Waals surface area contributed by atoms with Gasteiger partial charge in [0.15, 0.2) is 0 Å². The van der Waals surface area contributed by atoms with E-state index >= 15 is 0 Å². The molecule has 4 nitrogen and oxygen atoms in total. The minimum Gasteiger partial charge on any atom is -0.391 e. The lowest BCUT2D eigenvalue weighted by Crippen LogP contribution is -2.28. The molecule has 0 spiro atoms. The van der Waals surface area contributed by atoms with Crippen LogP contribution in [0.3, 0.4) is 0 Å². The summed E-state index contributed by atoms with van der Waals surface area (Å²) in [5, 5.41) is 13.7. The summed E-state index contributed by atoms with van der Waals surface area (Å²) in [6, 6.07) is 1.69. The Hall–Kier alpha value is -0.870. The summed E-state index contributed by atoms with van der Waals surface area (Å²) in [7, 11) is 0. The number of hydrogen-bond acceptors (Lipinski definition) is 4. The van der Waals surface area contributed by atoms with E-state index in [-0.39, 0.29) is 12.0 Å². The maximum Gasteiger partial charge on any atom is 0.135 e. The summed E-state index contributed by atoms with van der Waals surface area (Å²) >= 11 is 5.97. The highest BCUT2D eigenvalue weighted by molar-refractivity contribution is 6.29. The first kappa shape index (κ1) is 16.2. The molecule has 108 valence electrons. The van der Waals surface area contributed by atoms with Crippen molar-refractivity contribution >= 4 is 17.4 Å². The minimum atomic E-state index is -0.369. The fraction of sp³-hybridized carbons (Fsp3) is 0.714. The van der Waals surface area contributed by atoms with Crippen LogP contribution in [0.1, 0.15) is 52.3 Å². The van der Waals surface area contributed by atoms with Crippen LogP contribution in [0.4, 0.5) is 5.82 Å². The number of aliphatic hydroxyl groups is 1. The molecule has 0 aliphatic rings. The predicted molar refractivity (Wildman–Crippen MR) is 79.7 cm³/mol. The molecule has 0 saturated heterocycles. The van der Waals surface area contributed by atoms with Gasteiger partial charge in [0.05, 0.1) is 6.10 Å². The molecule has 2 N–H and O–H groups in total. The van der Waals surface area contributed by atoms with Crippen molar-refractivity contribution in [3.8, 4) is 0 Å². The first-order chi connectivity index (χ1) is 8.97. The van der Waals surface area contributed by atoms with Crippen molar-refractivity contribution in [1.82, 2.24) is 9.97 Å². The van der Waals surface area contributed by atoms with Crippen molar-refractivity contribution in [3.63, 3.8) is 0 Å². The largest absolute Gasteiger partial charge is 0.391 e. The second kappa shape index (κ2) is 7.65. The molecule has 1 aromatic heterocycles. The number of anilines is 1. The molecule has 1 heterocycles. The van der Waals surface area contributed by atoms with Crippen LogP contribution in [-0.4, -0.2) is 27.7 Å². The van der Waals surface area contributed by atoms with E-state index in [2.05, 4.69) is 29.1 Å². The quantitative estimate of drug-likeness (QED) is 0.753. The zero-order valence-electron chi connectivity index (χ0n) is 12.2. The SMILES string of the molecule is CCC(CC)C(O)CNc1cc(Cl)nc(C(C)C)n1. The molecule has 19 heavy (non-hydrogen) atoms. The molecule has 1 unspecified atom stereocenters. The Bertz CT molecular complexity index is 394. The molecule has 0 fully saturated rings. The Morgan fingerprint density at radius 3 is 2.42 bits per heavy atom. The van der Waals surface area contributed by atoms with Crippen LogP contribution < -0.4 is 5.32 Å². The van der Waals surface area contributed by atoms with Gasteiger partial charge in [-0.25, -0.2) is 9.97 Å². The molecule has 0 radical (unpaired) electrons. The van der Waals surface area contributed by atoms with Crippen LogP contribution in [-0.2, 0) is 0 Å². The maximum atomic E-state index is 10.1.